The molecule has 1 aromatic heterocycles. The van der Waals surface area contributed by atoms with Gasteiger partial charge in [0.15, 0.2) is 5.78 Å². The smallest absolute Gasteiger partial charge is 0.161 e. The van der Waals surface area contributed by atoms with Gasteiger partial charge in [-0.2, -0.15) is 0 Å². The lowest BCUT2D eigenvalue weighted by Gasteiger charge is -2.30. The van der Waals surface area contributed by atoms with Crippen LogP contribution in [0.4, 0.5) is 5.69 Å². The van der Waals surface area contributed by atoms with Crippen molar-refractivity contribution in [3.05, 3.63) is 50.6 Å². The highest BCUT2D eigenvalue weighted by atomic mass is 79.9. The molecule has 0 saturated heterocycles. The number of carbonyl (C=O) groups is 1. The van der Waals surface area contributed by atoms with Gasteiger partial charge in [0.1, 0.15) is 0 Å². The highest BCUT2D eigenvalue weighted by Crippen LogP contribution is 2.29. The van der Waals surface area contributed by atoms with Crippen LogP contribution in [0.15, 0.2) is 40.2 Å². The Kier molecular flexibility index (Phi) is 5.00. The molecule has 106 valence electrons. The number of hydrogen-bond acceptors (Lipinski definition) is 3. The van der Waals surface area contributed by atoms with E-state index in [2.05, 4.69) is 52.2 Å². The highest BCUT2D eigenvalue weighted by molar-refractivity contribution is 9.10. The second kappa shape index (κ2) is 6.55. The number of nitrogens with zero attached hydrogens (tertiary/aromatic N) is 1. The molecule has 0 aliphatic carbocycles. The largest absolute Gasteiger partial charge is 0.363 e. The van der Waals surface area contributed by atoms with Crippen molar-refractivity contribution in [2.75, 3.05) is 4.90 Å². The molecule has 2 rings (SSSR count). The van der Waals surface area contributed by atoms with Gasteiger partial charge in [-0.25, -0.2) is 0 Å². The summed E-state index contributed by atoms with van der Waals surface area (Å²) >= 11 is 5.25. The standard InChI is InChI=1S/C16H18BrNOS/c1-11(2)18(10-14-5-4-8-20-14)16-9-13(17)6-7-15(16)12(3)19/h4-9,11H,10H2,1-3H3. The molecule has 0 aliphatic heterocycles. The van der Waals surface area contributed by atoms with Crippen molar-refractivity contribution in [1.82, 2.24) is 0 Å². The predicted molar refractivity (Wildman–Crippen MR) is 89.8 cm³/mol. The molecule has 1 aromatic carbocycles. The van der Waals surface area contributed by atoms with Crippen LogP contribution in [-0.4, -0.2) is 11.8 Å². The normalized spacial score (nSPS) is 10.8. The molecule has 0 unspecified atom stereocenters. The summed E-state index contributed by atoms with van der Waals surface area (Å²) in [6, 6.07) is 10.4. The molecule has 0 bridgehead atoms. The van der Waals surface area contributed by atoms with Crippen LogP contribution < -0.4 is 4.90 Å². The molecule has 0 aliphatic rings. The molecule has 0 N–H and O–H groups in total. The molecule has 20 heavy (non-hydrogen) atoms. The Morgan fingerprint density at radius 2 is 2.10 bits per heavy atom. The van der Waals surface area contributed by atoms with Gasteiger partial charge in [-0.15, -0.1) is 11.3 Å². The number of halogens is 1. The van der Waals surface area contributed by atoms with Crippen LogP contribution in [0.5, 0.6) is 0 Å². The Hall–Kier alpha value is -1.13. The zero-order valence-electron chi connectivity index (χ0n) is 11.9. The van der Waals surface area contributed by atoms with Crippen molar-refractivity contribution in [1.29, 1.82) is 0 Å². The van der Waals surface area contributed by atoms with Gasteiger partial charge >= 0.3 is 0 Å². The van der Waals surface area contributed by atoms with E-state index in [0.717, 1.165) is 22.3 Å². The van der Waals surface area contributed by atoms with Gasteiger partial charge in [0, 0.05) is 26.6 Å². The SMILES string of the molecule is CC(=O)c1ccc(Br)cc1N(Cc1cccs1)C(C)C. The second-order valence-electron chi connectivity index (χ2n) is 5.02. The summed E-state index contributed by atoms with van der Waals surface area (Å²) in [6.45, 7) is 6.75. The van der Waals surface area contributed by atoms with Crippen LogP contribution in [0.25, 0.3) is 0 Å². The first kappa shape index (κ1) is 15.3. The Labute approximate surface area is 132 Å². The first-order valence-corrected chi connectivity index (χ1v) is 8.26. The summed E-state index contributed by atoms with van der Waals surface area (Å²) in [6.07, 6.45) is 0. The van der Waals surface area contributed by atoms with E-state index in [1.54, 1.807) is 18.3 Å². The number of Topliss-reactive ketones (excluding diaryl/α,β-unsaturated/α-hetero) is 1. The van der Waals surface area contributed by atoms with Crippen molar-refractivity contribution < 1.29 is 4.79 Å². The first-order chi connectivity index (χ1) is 9.49. The van der Waals surface area contributed by atoms with E-state index in [1.807, 2.05) is 18.2 Å². The number of anilines is 1. The Morgan fingerprint density at radius 3 is 2.65 bits per heavy atom. The van der Waals surface area contributed by atoms with Gasteiger partial charge in [0.2, 0.25) is 0 Å². The maximum absolute atomic E-state index is 11.9. The van der Waals surface area contributed by atoms with Gasteiger partial charge in [-0.3, -0.25) is 4.79 Å². The van der Waals surface area contributed by atoms with E-state index in [0.29, 0.717) is 6.04 Å². The first-order valence-electron chi connectivity index (χ1n) is 6.58. The molecular formula is C16H18BrNOS. The molecule has 2 aromatic rings. The van der Waals surface area contributed by atoms with Crippen LogP contribution in [0.2, 0.25) is 0 Å². The van der Waals surface area contributed by atoms with Gasteiger partial charge in [0.25, 0.3) is 0 Å². The Balaban J connectivity index is 2.43. The van der Waals surface area contributed by atoms with Crippen LogP contribution in [-0.2, 0) is 6.54 Å². The number of ketones is 1. The third kappa shape index (κ3) is 3.49. The van der Waals surface area contributed by atoms with E-state index < -0.39 is 0 Å². The zero-order chi connectivity index (χ0) is 14.7. The lowest BCUT2D eigenvalue weighted by molar-refractivity contribution is 0.101. The number of benzene rings is 1. The van der Waals surface area contributed by atoms with Crippen molar-refractivity contribution >= 4 is 38.7 Å². The van der Waals surface area contributed by atoms with E-state index in [9.17, 15) is 4.79 Å². The predicted octanol–water partition coefficient (Wildman–Crippen LogP) is 5.13. The summed E-state index contributed by atoms with van der Waals surface area (Å²) in [5, 5.41) is 2.08. The van der Waals surface area contributed by atoms with Gasteiger partial charge < -0.3 is 4.90 Å². The minimum atomic E-state index is 0.101. The fraction of sp³-hybridized carbons (Fsp3) is 0.312. The van der Waals surface area contributed by atoms with E-state index in [4.69, 9.17) is 0 Å². The lowest BCUT2D eigenvalue weighted by Crippen LogP contribution is -2.31. The van der Waals surface area contributed by atoms with Gasteiger partial charge in [0.05, 0.1) is 6.54 Å². The minimum Gasteiger partial charge on any atom is -0.363 e. The second-order valence-corrected chi connectivity index (χ2v) is 6.97. The zero-order valence-corrected chi connectivity index (χ0v) is 14.3. The highest BCUT2D eigenvalue weighted by Gasteiger charge is 2.18. The van der Waals surface area contributed by atoms with Gasteiger partial charge in [-0.1, -0.05) is 22.0 Å². The summed E-state index contributed by atoms with van der Waals surface area (Å²) in [5.41, 5.74) is 1.77. The number of rotatable bonds is 5. The maximum atomic E-state index is 11.9. The van der Waals surface area contributed by atoms with E-state index in [1.165, 1.54) is 4.88 Å². The van der Waals surface area contributed by atoms with Crippen LogP contribution in [0.1, 0.15) is 36.0 Å². The molecule has 0 spiro atoms. The quantitative estimate of drug-likeness (QED) is 0.696. The van der Waals surface area contributed by atoms with Crippen molar-refractivity contribution in [2.45, 2.75) is 33.4 Å². The molecule has 0 saturated carbocycles. The maximum Gasteiger partial charge on any atom is 0.161 e. The number of thiophene rings is 1. The summed E-state index contributed by atoms with van der Waals surface area (Å²) in [7, 11) is 0. The monoisotopic (exact) mass is 351 g/mol. The Morgan fingerprint density at radius 1 is 1.35 bits per heavy atom. The number of carbonyl (C=O) groups excluding carboxylic acids is 1. The molecule has 0 radical (unpaired) electrons. The lowest BCUT2D eigenvalue weighted by atomic mass is 10.1. The summed E-state index contributed by atoms with van der Waals surface area (Å²) in [5.74, 6) is 0.101. The fourth-order valence-corrected chi connectivity index (χ4v) is 3.21. The topological polar surface area (TPSA) is 20.3 Å². The molecular weight excluding hydrogens is 334 g/mol. The molecule has 1 heterocycles. The van der Waals surface area contributed by atoms with Crippen LogP contribution in [0, 0.1) is 0 Å². The van der Waals surface area contributed by atoms with Crippen LogP contribution in [0.3, 0.4) is 0 Å². The average molecular weight is 352 g/mol. The number of hydrogen-bond donors (Lipinski definition) is 0. The fourth-order valence-electron chi connectivity index (χ4n) is 2.16. The van der Waals surface area contributed by atoms with Crippen molar-refractivity contribution in [3.63, 3.8) is 0 Å². The van der Waals surface area contributed by atoms with Crippen molar-refractivity contribution in [3.8, 4) is 0 Å². The third-order valence-electron chi connectivity index (χ3n) is 3.18. The van der Waals surface area contributed by atoms with E-state index >= 15 is 0 Å². The minimum absolute atomic E-state index is 0.101. The van der Waals surface area contributed by atoms with Gasteiger partial charge in [-0.05, 0) is 50.4 Å². The molecule has 2 nitrogen and oxygen atoms in total. The third-order valence-corrected chi connectivity index (χ3v) is 4.53. The molecule has 4 heteroatoms. The van der Waals surface area contributed by atoms with Crippen LogP contribution >= 0.6 is 27.3 Å². The Bertz CT molecular complexity index is 593. The molecule has 0 amide bonds. The molecule has 0 atom stereocenters. The average Bonchev–Trinajstić information content (AvgIpc) is 2.87. The van der Waals surface area contributed by atoms with E-state index in [-0.39, 0.29) is 5.78 Å². The van der Waals surface area contributed by atoms with Crippen molar-refractivity contribution in [2.24, 2.45) is 0 Å². The summed E-state index contributed by atoms with van der Waals surface area (Å²) < 4.78 is 0.995. The molecule has 0 fully saturated rings. The summed E-state index contributed by atoms with van der Waals surface area (Å²) in [4.78, 5) is 15.4.